The molecule has 2 aromatic carbocycles. The zero-order chi connectivity index (χ0) is 15.5. The van der Waals surface area contributed by atoms with E-state index < -0.39 is 0 Å². The van der Waals surface area contributed by atoms with Crippen LogP contribution in [-0.4, -0.2) is 17.9 Å². The fourth-order valence-electron chi connectivity index (χ4n) is 2.68. The number of rotatable bonds is 6. The van der Waals surface area contributed by atoms with Crippen LogP contribution in [0, 0.1) is 0 Å². The van der Waals surface area contributed by atoms with Crippen molar-refractivity contribution >= 4 is 23.7 Å². The van der Waals surface area contributed by atoms with Crippen molar-refractivity contribution in [3.63, 3.8) is 0 Å². The molecule has 0 spiro atoms. The van der Waals surface area contributed by atoms with Gasteiger partial charge in [-0.15, -0.1) is 0 Å². The van der Waals surface area contributed by atoms with Crippen LogP contribution in [0.5, 0.6) is 5.75 Å². The first kappa shape index (κ1) is 15.4. The number of hydrogen-bond donors (Lipinski definition) is 1. The largest absolute Gasteiger partial charge is 0.489 e. The van der Waals surface area contributed by atoms with Gasteiger partial charge in [-0.2, -0.15) is 0 Å². The van der Waals surface area contributed by atoms with E-state index in [4.69, 9.17) is 4.74 Å². The summed E-state index contributed by atoms with van der Waals surface area (Å²) in [5, 5.41) is 0.847. The second-order valence-electron chi connectivity index (χ2n) is 6.13. The van der Waals surface area contributed by atoms with Crippen LogP contribution < -0.4 is 9.46 Å². The van der Waals surface area contributed by atoms with Crippen LogP contribution in [0.4, 0.5) is 0 Å². The summed E-state index contributed by atoms with van der Waals surface area (Å²) >= 11 is 3.68. The summed E-state index contributed by atoms with van der Waals surface area (Å²) in [6, 6.07) is 17.1. The van der Waals surface area contributed by atoms with Gasteiger partial charge in [0.2, 0.25) is 0 Å². The van der Waals surface area contributed by atoms with Crippen LogP contribution in [-0.2, 0) is 6.42 Å². The van der Waals surface area contributed by atoms with E-state index in [2.05, 4.69) is 53.3 Å². The van der Waals surface area contributed by atoms with Crippen molar-refractivity contribution in [3.05, 3.63) is 54.1 Å². The SMILES string of the molecule is c1ccc(Sc2ccc3c(c2)O[C@@H](CNSC2CC2)CC3)cc1. The average Bonchev–Trinajstić information content (AvgIpc) is 3.40. The normalized spacial score (nSPS) is 19.9. The lowest BCUT2D eigenvalue weighted by atomic mass is 10.0. The van der Waals surface area contributed by atoms with E-state index in [1.165, 1.54) is 28.2 Å². The molecule has 0 saturated heterocycles. The maximum Gasteiger partial charge on any atom is 0.124 e. The van der Waals surface area contributed by atoms with E-state index in [1.54, 1.807) is 11.8 Å². The molecule has 2 aromatic rings. The molecule has 0 radical (unpaired) electrons. The van der Waals surface area contributed by atoms with Crippen LogP contribution in [0.2, 0.25) is 0 Å². The van der Waals surface area contributed by atoms with Gasteiger partial charge in [-0.05, 0) is 55.5 Å². The summed E-state index contributed by atoms with van der Waals surface area (Å²) in [6.45, 7) is 0.941. The molecule has 1 atom stereocenters. The fourth-order valence-corrected chi connectivity index (χ4v) is 4.44. The third-order valence-electron chi connectivity index (χ3n) is 4.13. The zero-order valence-electron chi connectivity index (χ0n) is 13.0. The molecule has 1 heterocycles. The van der Waals surface area contributed by atoms with Crippen molar-refractivity contribution < 1.29 is 4.74 Å². The van der Waals surface area contributed by atoms with Gasteiger partial charge in [-0.25, -0.2) is 0 Å². The minimum absolute atomic E-state index is 0.297. The molecule has 1 N–H and O–H groups in total. The quantitative estimate of drug-likeness (QED) is 0.750. The van der Waals surface area contributed by atoms with Crippen LogP contribution in [0.3, 0.4) is 0 Å². The lowest BCUT2D eigenvalue weighted by Crippen LogP contribution is -2.31. The molecule has 120 valence electrons. The highest BCUT2D eigenvalue weighted by atomic mass is 32.2. The van der Waals surface area contributed by atoms with Gasteiger partial charge in [0, 0.05) is 21.6 Å². The number of aryl methyl sites for hydroxylation is 1. The average molecular weight is 344 g/mol. The summed E-state index contributed by atoms with van der Waals surface area (Å²) in [6.07, 6.45) is 5.26. The van der Waals surface area contributed by atoms with Gasteiger partial charge in [-0.3, -0.25) is 4.72 Å². The number of nitrogens with one attached hydrogen (secondary N) is 1. The Hall–Kier alpha value is -1.10. The Bertz CT molecular complexity index is 658. The Morgan fingerprint density at radius 3 is 2.70 bits per heavy atom. The topological polar surface area (TPSA) is 21.3 Å². The van der Waals surface area contributed by atoms with Crippen molar-refractivity contribution in [3.8, 4) is 5.75 Å². The highest BCUT2D eigenvalue weighted by molar-refractivity contribution is 7.99. The highest BCUT2D eigenvalue weighted by Gasteiger charge is 2.24. The Kier molecular flexibility index (Phi) is 4.83. The lowest BCUT2D eigenvalue weighted by Gasteiger charge is -2.26. The third-order valence-corrected chi connectivity index (χ3v) is 6.27. The van der Waals surface area contributed by atoms with E-state index >= 15 is 0 Å². The molecule has 1 fully saturated rings. The summed E-state index contributed by atoms with van der Waals surface area (Å²) in [4.78, 5) is 2.51. The Balaban J connectivity index is 1.39. The number of ether oxygens (including phenoxy) is 1. The predicted octanol–water partition coefficient (Wildman–Crippen LogP) is 4.93. The lowest BCUT2D eigenvalue weighted by molar-refractivity contribution is 0.177. The maximum atomic E-state index is 6.22. The standard InChI is InChI=1S/C19H21NOS2/c1-2-4-16(5-3-1)22-18-9-7-14-6-8-15(21-19(14)12-18)13-20-23-17-10-11-17/h1-5,7,9,12,15,17,20H,6,8,10-11,13H2/t15-/m1/s1. The summed E-state index contributed by atoms with van der Waals surface area (Å²) in [5.74, 6) is 1.07. The second kappa shape index (κ2) is 7.20. The first-order valence-corrected chi connectivity index (χ1v) is 9.97. The van der Waals surface area contributed by atoms with Gasteiger partial charge in [-0.1, -0.05) is 48.0 Å². The molecule has 0 bridgehead atoms. The van der Waals surface area contributed by atoms with Crippen molar-refractivity contribution in [2.24, 2.45) is 0 Å². The Morgan fingerprint density at radius 2 is 1.87 bits per heavy atom. The molecular weight excluding hydrogens is 322 g/mol. The monoisotopic (exact) mass is 343 g/mol. The van der Waals surface area contributed by atoms with E-state index in [-0.39, 0.29) is 0 Å². The fraction of sp³-hybridized carbons (Fsp3) is 0.368. The minimum Gasteiger partial charge on any atom is -0.489 e. The number of benzene rings is 2. The van der Waals surface area contributed by atoms with Crippen molar-refractivity contribution in [1.29, 1.82) is 0 Å². The molecule has 2 nitrogen and oxygen atoms in total. The second-order valence-corrected chi connectivity index (χ2v) is 8.47. The smallest absolute Gasteiger partial charge is 0.124 e. The molecule has 1 aliphatic heterocycles. The first-order chi connectivity index (χ1) is 11.4. The number of hydrogen-bond acceptors (Lipinski definition) is 4. The minimum atomic E-state index is 0.297. The van der Waals surface area contributed by atoms with E-state index in [1.807, 2.05) is 11.9 Å². The Labute approximate surface area is 146 Å². The molecule has 2 aliphatic rings. The molecule has 4 rings (SSSR count). The Morgan fingerprint density at radius 1 is 1.00 bits per heavy atom. The van der Waals surface area contributed by atoms with Crippen LogP contribution in [0.1, 0.15) is 24.8 Å². The molecule has 23 heavy (non-hydrogen) atoms. The molecule has 1 saturated carbocycles. The molecule has 0 unspecified atom stereocenters. The van der Waals surface area contributed by atoms with Crippen LogP contribution in [0.15, 0.2) is 58.3 Å². The van der Waals surface area contributed by atoms with E-state index in [0.717, 1.165) is 30.4 Å². The van der Waals surface area contributed by atoms with Gasteiger partial charge in [0.15, 0.2) is 0 Å². The van der Waals surface area contributed by atoms with E-state index in [0.29, 0.717) is 6.10 Å². The summed E-state index contributed by atoms with van der Waals surface area (Å²) in [5.41, 5.74) is 1.34. The van der Waals surface area contributed by atoms with Crippen molar-refractivity contribution in [2.45, 2.75) is 46.8 Å². The van der Waals surface area contributed by atoms with Crippen LogP contribution in [0.25, 0.3) is 0 Å². The highest BCUT2D eigenvalue weighted by Crippen LogP contribution is 2.35. The zero-order valence-corrected chi connectivity index (χ0v) is 14.7. The predicted molar refractivity (Wildman–Crippen MR) is 98.4 cm³/mol. The van der Waals surface area contributed by atoms with Gasteiger partial charge in [0.1, 0.15) is 11.9 Å². The van der Waals surface area contributed by atoms with Gasteiger partial charge in [0.05, 0.1) is 0 Å². The molecular formula is C19H21NOS2. The summed E-state index contributed by atoms with van der Waals surface area (Å²) in [7, 11) is 0. The first-order valence-electron chi connectivity index (χ1n) is 8.28. The van der Waals surface area contributed by atoms with Crippen molar-refractivity contribution in [1.82, 2.24) is 4.72 Å². The van der Waals surface area contributed by atoms with Gasteiger partial charge in [0.25, 0.3) is 0 Å². The maximum absolute atomic E-state index is 6.22. The molecule has 0 amide bonds. The molecule has 4 heteroatoms. The molecule has 0 aromatic heterocycles. The number of fused-ring (bicyclic) bond motifs is 1. The van der Waals surface area contributed by atoms with E-state index in [9.17, 15) is 0 Å². The van der Waals surface area contributed by atoms with Crippen molar-refractivity contribution in [2.75, 3.05) is 6.54 Å². The van der Waals surface area contributed by atoms with Gasteiger partial charge >= 0.3 is 0 Å². The van der Waals surface area contributed by atoms with Gasteiger partial charge < -0.3 is 4.74 Å². The van der Waals surface area contributed by atoms with Crippen LogP contribution >= 0.6 is 23.7 Å². The molecule has 1 aliphatic carbocycles. The third kappa shape index (κ3) is 4.25. The summed E-state index contributed by atoms with van der Waals surface area (Å²) < 4.78 is 9.71.